The number of anilines is 1. The highest BCUT2D eigenvalue weighted by molar-refractivity contribution is 8.02. The predicted molar refractivity (Wildman–Crippen MR) is 152 cm³/mol. The first-order chi connectivity index (χ1) is 17.5. The summed E-state index contributed by atoms with van der Waals surface area (Å²) in [7, 11) is 0. The lowest BCUT2D eigenvalue weighted by Crippen LogP contribution is -2.20. The van der Waals surface area contributed by atoms with Crippen LogP contribution in [0.1, 0.15) is 82.8 Å². The lowest BCUT2D eigenvalue weighted by Gasteiger charge is -2.27. The van der Waals surface area contributed by atoms with E-state index in [2.05, 4.69) is 19.2 Å². The van der Waals surface area contributed by atoms with Crippen molar-refractivity contribution < 1.29 is 9.47 Å². The van der Waals surface area contributed by atoms with Crippen molar-refractivity contribution >= 4 is 40.9 Å². The quantitative estimate of drug-likeness (QED) is 0.169. The summed E-state index contributed by atoms with van der Waals surface area (Å²) in [6.07, 6.45) is 10.0. The van der Waals surface area contributed by atoms with Crippen LogP contribution in [0.4, 0.5) is 5.69 Å². The Morgan fingerprint density at radius 2 is 1.47 bits per heavy atom. The molecule has 0 atom stereocenters. The molecule has 0 amide bonds. The first kappa shape index (κ1) is 26.7. The third-order valence-corrected chi connectivity index (χ3v) is 9.27. The van der Waals surface area contributed by atoms with E-state index in [0.717, 1.165) is 40.4 Å². The first-order valence-corrected chi connectivity index (χ1v) is 14.9. The Morgan fingerprint density at radius 3 is 2.06 bits per heavy atom. The summed E-state index contributed by atoms with van der Waals surface area (Å²) < 4.78 is 12.9. The summed E-state index contributed by atoms with van der Waals surface area (Å²) in [5.74, 6) is 1.79. The smallest absolute Gasteiger partial charge is 0.146 e. The van der Waals surface area contributed by atoms with Crippen LogP contribution in [0.3, 0.4) is 0 Å². The molecular formula is C28H38N4O2S2. The van der Waals surface area contributed by atoms with Crippen LogP contribution in [-0.4, -0.2) is 30.1 Å². The summed E-state index contributed by atoms with van der Waals surface area (Å²) in [6, 6.07) is 7.88. The third-order valence-electron chi connectivity index (χ3n) is 6.53. The Bertz CT molecular complexity index is 1100. The number of para-hydroxylation sites is 1. The zero-order chi connectivity index (χ0) is 25.5. The fourth-order valence-electron chi connectivity index (χ4n) is 4.53. The second-order valence-electron chi connectivity index (χ2n) is 9.36. The minimum atomic E-state index is 0.193. The van der Waals surface area contributed by atoms with E-state index in [1.807, 2.05) is 36.0 Å². The molecule has 2 aliphatic rings. The van der Waals surface area contributed by atoms with E-state index in [9.17, 15) is 0 Å². The number of fused-ring (bicyclic) bond motifs is 1. The van der Waals surface area contributed by atoms with Gasteiger partial charge in [0.2, 0.25) is 0 Å². The number of hydrogen-bond acceptors (Lipinski definition) is 7. The van der Waals surface area contributed by atoms with Crippen molar-refractivity contribution in [2.45, 2.75) is 91.6 Å². The van der Waals surface area contributed by atoms with Crippen LogP contribution < -0.4 is 20.5 Å². The van der Waals surface area contributed by atoms with Crippen molar-refractivity contribution in [1.29, 1.82) is 10.8 Å². The zero-order valence-corrected chi connectivity index (χ0v) is 23.0. The monoisotopic (exact) mass is 526 g/mol. The van der Waals surface area contributed by atoms with Crippen molar-refractivity contribution in [3.8, 4) is 11.5 Å². The number of thioether (sulfide) groups is 1. The number of nitrogens with one attached hydrogen (secondary N) is 3. The lowest BCUT2D eigenvalue weighted by atomic mass is 10.0. The van der Waals surface area contributed by atoms with Crippen LogP contribution in [0.2, 0.25) is 0 Å². The third kappa shape index (κ3) is 5.97. The standard InChI is InChI=1S/C28H38N4O2S2/c1-3-5-16-33-23-21-22(28(31)32-27(21)30)24(34-17-6-4-2)26(36-20-15-11-10-14-19(20)29)25(23)35-18-12-8-7-9-13-18/h10-11,14-15,18H,3-9,12-13,16-17,29H2,1-2H3,(H3,30,31,32). The Hall–Kier alpha value is -2.32. The van der Waals surface area contributed by atoms with Gasteiger partial charge < -0.3 is 20.5 Å². The fraction of sp³-hybridized carbons (Fsp3) is 0.500. The molecule has 0 bridgehead atoms. The van der Waals surface area contributed by atoms with Crippen molar-refractivity contribution in [2.75, 3.05) is 18.9 Å². The fourth-order valence-corrected chi connectivity index (χ4v) is 7.16. The van der Waals surface area contributed by atoms with E-state index in [1.165, 1.54) is 32.1 Å². The van der Waals surface area contributed by atoms with Crippen LogP contribution >= 0.6 is 23.5 Å². The first-order valence-electron chi connectivity index (χ1n) is 13.2. The van der Waals surface area contributed by atoms with Gasteiger partial charge in [0.1, 0.15) is 23.2 Å². The van der Waals surface area contributed by atoms with Crippen LogP contribution in [0.25, 0.3) is 0 Å². The highest BCUT2D eigenvalue weighted by atomic mass is 32.2. The second kappa shape index (κ2) is 12.8. The van der Waals surface area contributed by atoms with Crippen LogP contribution in [0.15, 0.2) is 39.0 Å². The molecule has 2 aromatic carbocycles. The summed E-state index contributed by atoms with van der Waals surface area (Å²) >= 11 is 3.45. The molecule has 0 aromatic heterocycles. The van der Waals surface area contributed by atoms with Gasteiger partial charge in [-0.25, -0.2) is 0 Å². The maximum absolute atomic E-state index is 8.71. The number of benzene rings is 2. The Morgan fingerprint density at radius 1 is 0.889 bits per heavy atom. The molecule has 1 saturated carbocycles. The van der Waals surface area contributed by atoms with Gasteiger partial charge in [-0.1, -0.05) is 69.8 Å². The van der Waals surface area contributed by atoms with Gasteiger partial charge in [-0.15, -0.1) is 11.8 Å². The lowest BCUT2D eigenvalue weighted by molar-refractivity contribution is 0.287. The maximum atomic E-state index is 8.71. The number of rotatable bonds is 12. The molecule has 5 N–H and O–H groups in total. The molecule has 1 aliphatic carbocycles. The molecule has 0 radical (unpaired) electrons. The number of unbranched alkanes of at least 4 members (excludes halogenated alkanes) is 2. The second-order valence-corrected chi connectivity index (χ2v) is 11.7. The number of ether oxygens (including phenoxy) is 2. The maximum Gasteiger partial charge on any atom is 0.146 e. The molecule has 0 unspecified atom stereocenters. The van der Waals surface area contributed by atoms with Crippen LogP contribution in [0.5, 0.6) is 11.5 Å². The highest BCUT2D eigenvalue weighted by Crippen LogP contribution is 2.54. The van der Waals surface area contributed by atoms with Gasteiger partial charge in [-0.3, -0.25) is 10.8 Å². The Balaban J connectivity index is 1.92. The van der Waals surface area contributed by atoms with Gasteiger partial charge in [0.05, 0.1) is 34.1 Å². The Labute approximate surface area is 223 Å². The normalized spacial score (nSPS) is 15.6. The van der Waals surface area contributed by atoms with E-state index in [4.69, 9.17) is 26.0 Å². The number of amidine groups is 2. The molecule has 1 fully saturated rings. The molecule has 4 rings (SSSR count). The summed E-state index contributed by atoms with van der Waals surface area (Å²) in [5, 5.41) is 20.8. The SMILES string of the molecule is CCCCOc1c(Sc2ccccc2N)c(SC2CCCCC2)c(OCCCC)c2c1C(=N)NC2=N. The predicted octanol–water partition coefficient (Wildman–Crippen LogP) is 7.46. The molecular weight excluding hydrogens is 488 g/mol. The highest BCUT2D eigenvalue weighted by Gasteiger charge is 2.36. The summed E-state index contributed by atoms with van der Waals surface area (Å²) in [6.45, 7) is 5.43. The number of nitrogen functional groups attached to an aromatic ring is 1. The van der Waals surface area contributed by atoms with Gasteiger partial charge in [0.25, 0.3) is 0 Å². The van der Waals surface area contributed by atoms with E-state index in [0.29, 0.717) is 46.8 Å². The van der Waals surface area contributed by atoms with Crippen molar-refractivity contribution in [3.05, 3.63) is 35.4 Å². The van der Waals surface area contributed by atoms with E-state index < -0.39 is 0 Å². The molecule has 0 spiro atoms. The average molecular weight is 527 g/mol. The molecule has 8 heteroatoms. The van der Waals surface area contributed by atoms with Crippen molar-refractivity contribution in [3.63, 3.8) is 0 Å². The summed E-state index contributed by atoms with van der Waals surface area (Å²) in [4.78, 5) is 2.93. The van der Waals surface area contributed by atoms with Crippen molar-refractivity contribution in [2.24, 2.45) is 0 Å². The molecule has 194 valence electrons. The minimum absolute atomic E-state index is 0.193. The molecule has 2 aromatic rings. The summed E-state index contributed by atoms with van der Waals surface area (Å²) in [5.41, 5.74) is 8.39. The van der Waals surface area contributed by atoms with Gasteiger partial charge >= 0.3 is 0 Å². The molecule has 36 heavy (non-hydrogen) atoms. The largest absolute Gasteiger partial charge is 0.492 e. The van der Waals surface area contributed by atoms with E-state index >= 15 is 0 Å². The van der Waals surface area contributed by atoms with Crippen LogP contribution in [-0.2, 0) is 0 Å². The number of hydrogen-bond donors (Lipinski definition) is 4. The van der Waals surface area contributed by atoms with Crippen molar-refractivity contribution in [1.82, 2.24) is 5.32 Å². The van der Waals surface area contributed by atoms with Gasteiger partial charge in [-0.2, -0.15) is 0 Å². The molecule has 0 saturated heterocycles. The van der Waals surface area contributed by atoms with Crippen LogP contribution in [0, 0.1) is 10.8 Å². The van der Waals surface area contributed by atoms with Gasteiger partial charge in [0, 0.05) is 15.8 Å². The topological polar surface area (TPSA) is 104 Å². The zero-order valence-electron chi connectivity index (χ0n) is 21.4. The van der Waals surface area contributed by atoms with Gasteiger partial charge in [0.15, 0.2) is 0 Å². The van der Waals surface area contributed by atoms with E-state index in [-0.39, 0.29) is 11.7 Å². The molecule has 6 nitrogen and oxygen atoms in total. The molecule has 1 aliphatic heterocycles. The minimum Gasteiger partial charge on any atom is -0.492 e. The molecule has 1 heterocycles. The average Bonchev–Trinajstić information content (AvgIpc) is 3.17. The van der Waals surface area contributed by atoms with E-state index in [1.54, 1.807) is 11.8 Å². The Kier molecular flexibility index (Phi) is 9.48. The van der Waals surface area contributed by atoms with Gasteiger partial charge in [-0.05, 0) is 37.8 Å². The number of nitrogens with two attached hydrogens (primary N) is 1.